The van der Waals surface area contributed by atoms with Crippen LogP contribution in [0.2, 0.25) is 0 Å². The van der Waals surface area contributed by atoms with Gasteiger partial charge in [0.05, 0.1) is 30.8 Å². The van der Waals surface area contributed by atoms with Crippen molar-refractivity contribution in [2.24, 2.45) is 5.41 Å². The monoisotopic (exact) mass is 453 g/mol. The lowest BCUT2D eigenvalue weighted by Crippen LogP contribution is -2.31. The highest BCUT2D eigenvalue weighted by Crippen LogP contribution is 2.45. The van der Waals surface area contributed by atoms with E-state index in [-0.39, 0.29) is 17.6 Å². The molecular weight excluding hydrogens is 406 g/mol. The van der Waals surface area contributed by atoms with Crippen molar-refractivity contribution in [3.8, 4) is 6.07 Å². The first-order valence-corrected chi connectivity index (χ1v) is 13.9. The van der Waals surface area contributed by atoms with Crippen LogP contribution >= 0.6 is 0 Å². The summed E-state index contributed by atoms with van der Waals surface area (Å²) in [6, 6.07) is 11.8. The highest BCUT2D eigenvalue weighted by Gasteiger charge is 2.35. The van der Waals surface area contributed by atoms with E-state index in [1.165, 1.54) is 68.9 Å². The van der Waals surface area contributed by atoms with Gasteiger partial charge in [-0.05, 0) is 55.6 Å². The minimum Gasteiger partial charge on any atom is -0.373 e. The zero-order chi connectivity index (χ0) is 23.4. The zero-order valence-corrected chi connectivity index (χ0v) is 21.3. The minimum absolute atomic E-state index is 0.0655. The van der Waals surface area contributed by atoms with Crippen LogP contribution in [0.25, 0.3) is 0 Å². The van der Waals surface area contributed by atoms with Crippen LogP contribution in [0.1, 0.15) is 133 Å². The van der Waals surface area contributed by atoms with Crippen LogP contribution in [0.3, 0.4) is 0 Å². The summed E-state index contributed by atoms with van der Waals surface area (Å²) >= 11 is 0. The molecule has 3 rings (SSSR count). The number of benzene rings is 1. The Bertz CT molecular complexity index is 691. The van der Waals surface area contributed by atoms with Crippen molar-refractivity contribution in [1.29, 1.82) is 5.26 Å². The number of hydrogen-bond donors (Lipinski definition) is 0. The van der Waals surface area contributed by atoms with E-state index in [0.717, 1.165) is 45.1 Å². The number of nitrogens with zero attached hydrogens (tertiary/aromatic N) is 1. The summed E-state index contributed by atoms with van der Waals surface area (Å²) in [5, 5.41) is 9.86. The molecule has 3 heteroatoms. The van der Waals surface area contributed by atoms with Gasteiger partial charge in [0.1, 0.15) is 6.10 Å². The van der Waals surface area contributed by atoms with Gasteiger partial charge >= 0.3 is 0 Å². The standard InChI is InChI=1S/C30H47NO2/c1-3-5-7-9-10-12-28-22-33-29(23-32-28)27-15-13-25(14-16-27)26-17-20-30(24-31,21-18-26)19-11-8-6-4-2/h13-16,26,28-29H,3-12,17-23H2,1-2H3/t26-,28?,29-,30-/m0/s1. The lowest BCUT2D eigenvalue weighted by molar-refractivity contribution is -0.137. The fourth-order valence-electron chi connectivity index (χ4n) is 5.67. The minimum atomic E-state index is -0.0655. The third-order valence-electron chi connectivity index (χ3n) is 8.06. The predicted octanol–water partition coefficient (Wildman–Crippen LogP) is 8.64. The molecule has 0 aromatic heterocycles. The van der Waals surface area contributed by atoms with Gasteiger partial charge in [0.15, 0.2) is 0 Å². The van der Waals surface area contributed by atoms with E-state index in [1.54, 1.807) is 0 Å². The molecule has 1 saturated heterocycles. The van der Waals surface area contributed by atoms with Crippen molar-refractivity contribution in [2.45, 2.75) is 128 Å². The molecule has 1 aromatic rings. The van der Waals surface area contributed by atoms with Gasteiger partial charge in [0, 0.05) is 0 Å². The van der Waals surface area contributed by atoms with Crippen LogP contribution in [0.15, 0.2) is 24.3 Å². The maximum atomic E-state index is 9.86. The second-order valence-corrected chi connectivity index (χ2v) is 10.6. The first-order valence-electron chi connectivity index (χ1n) is 13.9. The molecule has 1 unspecified atom stereocenters. The Labute approximate surface area is 203 Å². The number of hydrogen-bond acceptors (Lipinski definition) is 3. The van der Waals surface area contributed by atoms with Crippen molar-refractivity contribution < 1.29 is 9.47 Å². The first kappa shape index (κ1) is 26.2. The summed E-state index contributed by atoms with van der Waals surface area (Å²) in [5.74, 6) is 0.594. The molecule has 2 atom stereocenters. The SMILES string of the molecule is CCCCCCCC1CO[C@H](c2ccc([C@H]3CC[C@@](C#N)(CCCCCC)CC3)cc2)CO1. The number of ether oxygens (including phenoxy) is 2. The van der Waals surface area contributed by atoms with E-state index in [1.807, 2.05) is 0 Å². The summed E-state index contributed by atoms with van der Waals surface area (Å²) in [7, 11) is 0. The molecule has 0 radical (unpaired) electrons. The number of unbranched alkanes of at least 4 members (excludes halogenated alkanes) is 7. The molecule has 1 heterocycles. The zero-order valence-electron chi connectivity index (χ0n) is 21.3. The van der Waals surface area contributed by atoms with Gasteiger partial charge in [0.2, 0.25) is 0 Å². The predicted molar refractivity (Wildman–Crippen MR) is 136 cm³/mol. The van der Waals surface area contributed by atoms with Crippen molar-refractivity contribution in [2.75, 3.05) is 13.2 Å². The molecule has 1 aromatic carbocycles. The summed E-state index contributed by atoms with van der Waals surface area (Å²) < 4.78 is 12.3. The first-order chi connectivity index (χ1) is 16.2. The van der Waals surface area contributed by atoms with Gasteiger partial charge in [0.25, 0.3) is 0 Å². The quantitative estimate of drug-likeness (QED) is 0.281. The second kappa shape index (κ2) is 14.1. The van der Waals surface area contributed by atoms with Gasteiger partial charge < -0.3 is 9.47 Å². The number of nitriles is 1. The Morgan fingerprint density at radius 1 is 0.818 bits per heavy atom. The molecule has 33 heavy (non-hydrogen) atoms. The topological polar surface area (TPSA) is 42.2 Å². The molecule has 3 nitrogen and oxygen atoms in total. The number of rotatable bonds is 13. The molecular formula is C30H47NO2. The highest BCUT2D eigenvalue weighted by molar-refractivity contribution is 5.28. The summed E-state index contributed by atoms with van der Waals surface area (Å²) in [6.07, 6.45) is 18.5. The fraction of sp³-hybridized carbons (Fsp3) is 0.767. The van der Waals surface area contributed by atoms with Crippen LogP contribution in [0.5, 0.6) is 0 Å². The Morgan fingerprint density at radius 3 is 2.06 bits per heavy atom. The normalized spacial score (nSPS) is 27.8. The average Bonchev–Trinajstić information content (AvgIpc) is 2.87. The molecule has 0 bridgehead atoms. The maximum Gasteiger partial charge on any atom is 0.106 e. The summed E-state index contributed by atoms with van der Waals surface area (Å²) in [5.41, 5.74) is 2.60. The van der Waals surface area contributed by atoms with Gasteiger partial charge in [-0.25, -0.2) is 0 Å². The van der Waals surface area contributed by atoms with Crippen molar-refractivity contribution in [3.63, 3.8) is 0 Å². The third kappa shape index (κ3) is 8.11. The van der Waals surface area contributed by atoms with E-state index < -0.39 is 0 Å². The molecule has 0 amide bonds. The molecule has 2 fully saturated rings. The lowest BCUT2D eigenvalue weighted by atomic mass is 9.67. The van der Waals surface area contributed by atoms with Crippen LogP contribution in [0, 0.1) is 16.7 Å². The van der Waals surface area contributed by atoms with Crippen LogP contribution in [0.4, 0.5) is 0 Å². The van der Waals surface area contributed by atoms with E-state index in [2.05, 4.69) is 44.2 Å². The molecule has 1 aliphatic carbocycles. The van der Waals surface area contributed by atoms with E-state index in [9.17, 15) is 5.26 Å². The fourth-order valence-corrected chi connectivity index (χ4v) is 5.67. The van der Waals surface area contributed by atoms with Gasteiger partial charge in [-0.2, -0.15) is 5.26 Å². The van der Waals surface area contributed by atoms with Crippen LogP contribution < -0.4 is 0 Å². The Kier molecular flexibility index (Phi) is 11.2. The van der Waals surface area contributed by atoms with Crippen molar-refractivity contribution in [1.82, 2.24) is 0 Å². The Hall–Kier alpha value is -1.37. The third-order valence-corrected chi connectivity index (χ3v) is 8.06. The Morgan fingerprint density at radius 2 is 1.45 bits per heavy atom. The second-order valence-electron chi connectivity index (χ2n) is 10.6. The highest BCUT2D eigenvalue weighted by atomic mass is 16.6. The molecule has 0 N–H and O–H groups in total. The van der Waals surface area contributed by atoms with E-state index >= 15 is 0 Å². The molecule has 0 spiro atoms. The van der Waals surface area contributed by atoms with Gasteiger partial charge in [-0.3, -0.25) is 0 Å². The van der Waals surface area contributed by atoms with Gasteiger partial charge in [-0.1, -0.05) is 95.9 Å². The maximum absolute atomic E-state index is 9.86. The largest absolute Gasteiger partial charge is 0.373 e. The Balaban J connectivity index is 1.41. The average molecular weight is 454 g/mol. The van der Waals surface area contributed by atoms with Crippen molar-refractivity contribution in [3.05, 3.63) is 35.4 Å². The van der Waals surface area contributed by atoms with Crippen molar-refractivity contribution >= 4 is 0 Å². The van der Waals surface area contributed by atoms with Crippen LogP contribution in [-0.2, 0) is 9.47 Å². The van der Waals surface area contributed by atoms with Crippen LogP contribution in [-0.4, -0.2) is 19.3 Å². The smallest absolute Gasteiger partial charge is 0.106 e. The summed E-state index contributed by atoms with van der Waals surface area (Å²) in [6.45, 7) is 5.90. The lowest BCUT2D eigenvalue weighted by Gasteiger charge is -2.35. The van der Waals surface area contributed by atoms with E-state index in [0.29, 0.717) is 12.5 Å². The van der Waals surface area contributed by atoms with E-state index in [4.69, 9.17) is 9.47 Å². The molecule has 184 valence electrons. The molecule has 1 aliphatic heterocycles. The summed E-state index contributed by atoms with van der Waals surface area (Å²) in [4.78, 5) is 0. The van der Waals surface area contributed by atoms with Gasteiger partial charge in [-0.15, -0.1) is 0 Å². The molecule has 2 aliphatic rings. The molecule has 1 saturated carbocycles.